The van der Waals surface area contributed by atoms with Gasteiger partial charge in [-0.2, -0.15) is 0 Å². The lowest BCUT2D eigenvalue weighted by atomic mass is 9.86. The molecular formula is C23H23FN4O4S. The molecule has 33 heavy (non-hydrogen) atoms. The van der Waals surface area contributed by atoms with Gasteiger partial charge in [0.25, 0.3) is 5.91 Å². The lowest BCUT2D eigenvalue weighted by Crippen LogP contribution is -2.42. The van der Waals surface area contributed by atoms with Crippen molar-refractivity contribution in [3.8, 4) is 17.0 Å². The average molecular weight is 471 g/mol. The van der Waals surface area contributed by atoms with Gasteiger partial charge in [0.1, 0.15) is 11.6 Å². The molecule has 2 amide bonds. The van der Waals surface area contributed by atoms with E-state index < -0.39 is 23.2 Å². The van der Waals surface area contributed by atoms with Gasteiger partial charge in [-0.1, -0.05) is 12.1 Å². The Morgan fingerprint density at radius 1 is 1.33 bits per heavy atom. The maximum atomic E-state index is 14.5. The van der Waals surface area contributed by atoms with E-state index >= 15 is 0 Å². The van der Waals surface area contributed by atoms with E-state index in [1.807, 2.05) is 29.6 Å². The third-order valence-corrected chi connectivity index (χ3v) is 6.00. The number of amides is 2. The summed E-state index contributed by atoms with van der Waals surface area (Å²) in [5, 5.41) is 7.36. The van der Waals surface area contributed by atoms with Gasteiger partial charge in [-0.3, -0.25) is 9.59 Å². The van der Waals surface area contributed by atoms with Crippen molar-refractivity contribution in [2.24, 2.45) is 5.73 Å². The van der Waals surface area contributed by atoms with Crippen LogP contribution in [0.3, 0.4) is 0 Å². The van der Waals surface area contributed by atoms with Crippen molar-refractivity contribution in [2.75, 3.05) is 25.6 Å². The van der Waals surface area contributed by atoms with Crippen LogP contribution in [0.4, 0.5) is 9.52 Å². The van der Waals surface area contributed by atoms with Gasteiger partial charge >= 0.3 is 0 Å². The average Bonchev–Trinajstić information content (AvgIpc) is 3.26. The quantitative estimate of drug-likeness (QED) is 0.510. The Morgan fingerprint density at radius 3 is 2.94 bits per heavy atom. The van der Waals surface area contributed by atoms with Crippen LogP contribution in [0.25, 0.3) is 11.3 Å². The van der Waals surface area contributed by atoms with Gasteiger partial charge in [0.15, 0.2) is 5.13 Å². The van der Waals surface area contributed by atoms with E-state index in [0.29, 0.717) is 27.7 Å². The monoisotopic (exact) mass is 470 g/mol. The van der Waals surface area contributed by atoms with E-state index in [2.05, 4.69) is 15.6 Å². The van der Waals surface area contributed by atoms with E-state index in [0.717, 1.165) is 11.6 Å². The number of methoxy groups -OCH3 is 1. The number of benzene rings is 2. The number of hydrogen-bond acceptors (Lipinski definition) is 7. The summed E-state index contributed by atoms with van der Waals surface area (Å²) < 4.78 is 25.1. The minimum atomic E-state index is -0.909. The SMILES string of the molecule is COc1cccc(-c2csc(NC(=O)CNC(=O)c3cc(F)c4c(c3)[C@@](C)(N)COC4)n2)c1. The predicted molar refractivity (Wildman–Crippen MR) is 123 cm³/mol. The largest absolute Gasteiger partial charge is 0.497 e. The first-order valence-corrected chi connectivity index (χ1v) is 11.0. The number of fused-ring (bicyclic) bond motifs is 1. The van der Waals surface area contributed by atoms with E-state index in [1.165, 1.54) is 11.3 Å². The highest BCUT2D eigenvalue weighted by Gasteiger charge is 2.32. The first-order valence-electron chi connectivity index (χ1n) is 10.1. The van der Waals surface area contributed by atoms with Crippen LogP contribution in [-0.4, -0.2) is 37.1 Å². The molecule has 1 atom stereocenters. The first kappa shape index (κ1) is 22.8. The molecule has 0 unspecified atom stereocenters. The van der Waals surface area contributed by atoms with Crippen LogP contribution in [0.5, 0.6) is 5.75 Å². The molecule has 0 spiro atoms. The number of hydrogen-bond donors (Lipinski definition) is 3. The Bertz CT molecular complexity index is 1210. The molecule has 2 aromatic carbocycles. The molecule has 0 saturated heterocycles. The molecule has 0 bridgehead atoms. The van der Waals surface area contributed by atoms with Crippen molar-refractivity contribution in [1.29, 1.82) is 0 Å². The Hall–Kier alpha value is -3.34. The van der Waals surface area contributed by atoms with Crippen molar-refractivity contribution in [3.05, 3.63) is 64.3 Å². The molecule has 2 heterocycles. The number of aromatic nitrogens is 1. The number of anilines is 1. The second-order valence-electron chi connectivity index (χ2n) is 7.90. The van der Waals surface area contributed by atoms with E-state index in [4.69, 9.17) is 15.2 Å². The summed E-state index contributed by atoms with van der Waals surface area (Å²) in [6.45, 7) is 1.74. The zero-order valence-electron chi connectivity index (χ0n) is 18.1. The second kappa shape index (κ2) is 9.26. The summed E-state index contributed by atoms with van der Waals surface area (Å²) in [7, 11) is 1.59. The number of nitrogens with zero attached hydrogens (tertiary/aromatic N) is 1. The highest BCUT2D eigenvalue weighted by Crippen LogP contribution is 2.31. The number of carbonyl (C=O) groups excluding carboxylic acids is 2. The van der Waals surface area contributed by atoms with Crippen molar-refractivity contribution in [2.45, 2.75) is 19.1 Å². The number of halogens is 1. The summed E-state index contributed by atoms with van der Waals surface area (Å²) in [6, 6.07) is 10.1. The van der Waals surface area contributed by atoms with Gasteiger partial charge in [-0.25, -0.2) is 9.37 Å². The fourth-order valence-electron chi connectivity index (χ4n) is 3.54. The third-order valence-electron chi connectivity index (χ3n) is 5.25. The molecule has 172 valence electrons. The zero-order valence-corrected chi connectivity index (χ0v) is 18.9. The lowest BCUT2D eigenvalue weighted by Gasteiger charge is -2.32. The van der Waals surface area contributed by atoms with E-state index in [9.17, 15) is 14.0 Å². The number of ether oxygens (including phenoxy) is 2. The van der Waals surface area contributed by atoms with Crippen molar-refractivity contribution in [3.63, 3.8) is 0 Å². The Balaban J connectivity index is 1.38. The van der Waals surface area contributed by atoms with Crippen LogP contribution < -0.4 is 21.1 Å². The molecule has 0 fully saturated rings. The Labute approximate surface area is 193 Å². The molecule has 8 nitrogen and oxygen atoms in total. The van der Waals surface area contributed by atoms with E-state index in [-0.39, 0.29) is 25.3 Å². The predicted octanol–water partition coefficient (Wildman–Crippen LogP) is 3.03. The molecular weight excluding hydrogens is 447 g/mol. The fourth-order valence-corrected chi connectivity index (χ4v) is 4.27. The highest BCUT2D eigenvalue weighted by atomic mass is 32.1. The standard InChI is InChI=1S/C23H23FN4O4S/c1-23(25)12-32-10-16-17(23)7-14(8-18(16)24)21(30)26-9-20(29)28-22-27-19(11-33-22)13-4-3-5-15(6-13)31-2/h3-8,11H,9-10,12,25H2,1-2H3,(H,26,30)(H,27,28,29)/t23-/m0/s1. The van der Waals surface area contributed by atoms with Crippen LogP contribution in [0.1, 0.15) is 28.4 Å². The molecule has 4 rings (SSSR count). The second-order valence-corrected chi connectivity index (χ2v) is 8.75. The van der Waals surface area contributed by atoms with Crippen LogP contribution in [-0.2, 0) is 21.7 Å². The maximum absolute atomic E-state index is 14.5. The first-order chi connectivity index (χ1) is 15.8. The summed E-state index contributed by atoms with van der Waals surface area (Å²) >= 11 is 1.26. The molecule has 0 aliphatic carbocycles. The van der Waals surface area contributed by atoms with Gasteiger partial charge in [0.2, 0.25) is 5.91 Å². The van der Waals surface area contributed by atoms with Crippen LogP contribution >= 0.6 is 11.3 Å². The number of rotatable bonds is 6. The Kier molecular flexibility index (Phi) is 6.41. The van der Waals surface area contributed by atoms with Gasteiger partial charge in [-0.15, -0.1) is 11.3 Å². The fraction of sp³-hybridized carbons (Fsp3) is 0.261. The minimum absolute atomic E-state index is 0.0900. The summed E-state index contributed by atoms with van der Waals surface area (Å²) in [5.41, 5.74) is 7.79. The van der Waals surface area contributed by atoms with Gasteiger partial charge < -0.3 is 25.8 Å². The Morgan fingerprint density at radius 2 is 2.15 bits per heavy atom. The normalized spacial score (nSPS) is 17.2. The van der Waals surface area contributed by atoms with Crippen molar-refractivity contribution < 1.29 is 23.5 Å². The number of carbonyl (C=O) groups is 2. The molecule has 1 aliphatic rings. The molecule has 1 aliphatic heterocycles. The summed E-state index contributed by atoms with van der Waals surface area (Å²) in [6.07, 6.45) is 0. The van der Waals surface area contributed by atoms with Crippen LogP contribution in [0, 0.1) is 5.82 Å². The summed E-state index contributed by atoms with van der Waals surface area (Å²) in [5.74, 6) is -0.892. The topological polar surface area (TPSA) is 116 Å². The van der Waals surface area contributed by atoms with Crippen LogP contribution in [0.15, 0.2) is 41.8 Å². The molecule has 10 heteroatoms. The van der Waals surface area contributed by atoms with Crippen molar-refractivity contribution in [1.82, 2.24) is 10.3 Å². The van der Waals surface area contributed by atoms with Gasteiger partial charge in [0.05, 0.1) is 38.1 Å². The lowest BCUT2D eigenvalue weighted by molar-refractivity contribution is -0.115. The molecule has 0 radical (unpaired) electrons. The molecule has 0 saturated carbocycles. The van der Waals surface area contributed by atoms with E-state index in [1.54, 1.807) is 20.1 Å². The molecule has 1 aromatic heterocycles. The highest BCUT2D eigenvalue weighted by molar-refractivity contribution is 7.14. The minimum Gasteiger partial charge on any atom is -0.497 e. The van der Waals surface area contributed by atoms with Crippen molar-refractivity contribution >= 4 is 28.3 Å². The zero-order chi connectivity index (χ0) is 23.6. The summed E-state index contributed by atoms with van der Waals surface area (Å²) in [4.78, 5) is 29.3. The molecule has 3 aromatic rings. The number of nitrogens with two attached hydrogens (primary N) is 1. The number of nitrogens with one attached hydrogen (secondary N) is 2. The van der Waals surface area contributed by atoms with Gasteiger partial charge in [-0.05, 0) is 36.8 Å². The maximum Gasteiger partial charge on any atom is 0.251 e. The smallest absolute Gasteiger partial charge is 0.251 e. The number of thiazole rings is 1. The van der Waals surface area contributed by atoms with Crippen LogP contribution in [0.2, 0.25) is 0 Å². The third kappa shape index (κ3) is 5.03. The van der Waals surface area contributed by atoms with Gasteiger partial charge in [0, 0.05) is 22.1 Å². The molecule has 4 N–H and O–H groups in total.